The normalized spacial score (nSPS) is 37.5. The fraction of sp³-hybridized carbons (Fsp3) is 0.731. The lowest BCUT2D eigenvalue weighted by Crippen LogP contribution is -2.47. The fourth-order valence-electron chi connectivity index (χ4n) is 4.58. The van der Waals surface area contributed by atoms with Gasteiger partial charge in [-0.05, 0) is 39.3 Å². The molecule has 0 bridgehead atoms. The van der Waals surface area contributed by atoms with Crippen LogP contribution in [-0.2, 0) is 23.8 Å². The number of thiazole rings is 1. The molecule has 2 saturated heterocycles. The molecule has 0 radical (unpaired) electrons. The molecule has 0 aliphatic carbocycles. The van der Waals surface area contributed by atoms with Crippen LogP contribution in [0.2, 0.25) is 0 Å². The fourth-order valence-corrected chi connectivity index (χ4v) is 5.15. The predicted molar refractivity (Wildman–Crippen MR) is 133 cm³/mol. The van der Waals surface area contributed by atoms with Gasteiger partial charge in [-0.3, -0.25) is 9.59 Å². The molecular formula is C26H39NO7S. The minimum Gasteiger partial charge on any atom is -0.458 e. The maximum Gasteiger partial charge on any atom is 0.309 e. The quantitative estimate of drug-likeness (QED) is 0.460. The molecule has 0 unspecified atom stereocenters. The number of esters is 1. The van der Waals surface area contributed by atoms with Crippen LogP contribution in [0.3, 0.4) is 0 Å². The molecule has 0 saturated carbocycles. The number of hydrogen-bond acceptors (Lipinski definition) is 9. The lowest BCUT2D eigenvalue weighted by atomic mass is 9.74. The van der Waals surface area contributed by atoms with Crippen molar-refractivity contribution in [3.63, 3.8) is 0 Å². The van der Waals surface area contributed by atoms with Crippen molar-refractivity contribution >= 4 is 29.2 Å². The second-order valence-electron chi connectivity index (χ2n) is 10.7. The summed E-state index contributed by atoms with van der Waals surface area (Å²) in [6.07, 6.45) is -0.931. The van der Waals surface area contributed by atoms with E-state index in [1.54, 1.807) is 39.0 Å². The number of aliphatic hydroxyl groups excluding tert-OH is 2. The number of Topliss-reactive ketones (excluding diaryl/α,β-unsaturated/α-hetero) is 1. The summed E-state index contributed by atoms with van der Waals surface area (Å²) in [5, 5.41) is 24.4. The zero-order valence-electron chi connectivity index (χ0n) is 21.7. The van der Waals surface area contributed by atoms with E-state index in [1.807, 2.05) is 32.2 Å². The number of nitrogens with zero attached hydrogens (tertiary/aromatic N) is 1. The Morgan fingerprint density at radius 3 is 2.54 bits per heavy atom. The SMILES string of the molecule is CC(=Cc1csc(C)n1)[C@H]1C[C@@H]2O[C@@]2(C)CCO[C@H](C)[C@H](O)[C@H](C)C(=O)C(C)(C)[C@H](O)CC(=O)O1. The van der Waals surface area contributed by atoms with Crippen molar-refractivity contribution < 1.29 is 34.0 Å². The van der Waals surface area contributed by atoms with E-state index >= 15 is 0 Å². The van der Waals surface area contributed by atoms with Gasteiger partial charge in [0, 0.05) is 30.7 Å². The molecule has 35 heavy (non-hydrogen) atoms. The van der Waals surface area contributed by atoms with Crippen LogP contribution in [0.5, 0.6) is 0 Å². The Balaban J connectivity index is 1.85. The molecule has 2 N–H and O–H groups in total. The first-order chi connectivity index (χ1) is 16.2. The van der Waals surface area contributed by atoms with Crippen molar-refractivity contribution in [2.45, 2.75) is 104 Å². The van der Waals surface area contributed by atoms with Gasteiger partial charge in [-0.2, -0.15) is 0 Å². The van der Waals surface area contributed by atoms with Crippen LogP contribution in [0.1, 0.15) is 71.5 Å². The summed E-state index contributed by atoms with van der Waals surface area (Å²) in [5.41, 5.74) is -0.0527. The molecule has 196 valence electrons. The van der Waals surface area contributed by atoms with Crippen LogP contribution in [0.4, 0.5) is 0 Å². The summed E-state index contributed by atoms with van der Waals surface area (Å²) in [5.74, 6) is -1.71. The Morgan fingerprint density at radius 2 is 1.91 bits per heavy atom. The Hall–Kier alpha value is -1.65. The van der Waals surface area contributed by atoms with Crippen LogP contribution in [-0.4, -0.2) is 69.7 Å². The van der Waals surface area contributed by atoms with Gasteiger partial charge in [0.2, 0.25) is 0 Å². The molecule has 2 aliphatic heterocycles. The van der Waals surface area contributed by atoms with Gasteiger partial charge < -0.3 is 24.4 Å². The second-order valence-corrected chi connectivity index (χ2v) is 11.8. The van der Waals surface area contributed by atoms with Crippen molar-refractivity contribution in [2.24, 2.45) is 11.3 Å². The third-order valence-corrected chi connectivity index (χ3v) is 8.26. The molecular weight excluding hydrogens is 470 g/mol. The zero-order valence-corrected chi connectivity index (χ0v) is 22.6. The van der Waals surface area contributed by atoms with E-state index < -0.39 is 47.3 Å². The highest BCUT2D eigenvalue weighted by atomic mass is 32.1. The predicted octanol–water partition coefficient (Wildman–Crippen LogP) is 3.47. The first-order valence-corrected chi connectivity index (χ1v) is 13.1. The smallest absolute Gasteiger partial charge is 0.309 e. The average molecular weight is 510 g/mol. The summed E-state index contributed by atoms with van der Waals surface area (Å²) in [7, 11) is 0. The number of cyclic esters (lactones) is 1. The van der Waals surface area contributed by atoms with E-state index in [9.17, 15) is 19.8 Å². The number of aryl methyl sites for hydroxylation is 1. The van der Waals surface area contributed by atoms with Gasteiger partial charge in [0.25, 0.3) is 0 Å². The van der Waals surface area contributed by atoms with E-state index in [1.165, 1.54) is 0 Å². The molecule has 7 atom stereocenters. The summed E-state index contributed by atoms with van der Waals surface area (Å²) < 4.78 is 17.7. The number of fused-ring (bicyclic) bond motifs is 1. The lowest BCUT2D eigenvalue weighted by Gasteiger charge is -2.34. The number of ketones is 1. The van der Waals surface area contributed by atoms with Gasteiger partial charge >= 0.3 is 5.97 Å². The van der Waals surface area contributed by atoms with Gasteiger partial charge in [-0.1, -0.05) is 20.8 Å². The number of rotatable bonds is 2. The zero-order chi connectivity index (χ0) is 26.1. The van der Waals surface area contributed by atoms with Crippen LogP contribution in [0.15, 0.2) is 11.0 Å². The Morgan fingerprint density at radius 1 is 1.23 bits per heavy atom. The van der Waals surface area contributed by atoms with E-state index in [-0.39, 0.29) is 18.3 Å². The molecule has 1 aromatic rings. The molecule has 0 aromatic carbocycles. The summed E-state index contributed by atoms with van der Waals surface area (Å²) in [6.45, 7) is 12.7. The third-order valence-electron chi connectivity index (χ3n) is 7.47. The van der Waals surface area contributed by atoms with Crippen molar-refractivity contribution in [1.29, 1.82) is 0 Å². The summed E-state index contributed by atoms with van der Waals surface area (Å²) in [6, 6.07) is 0. The van der Waals surface area contributed by atoms with Crippen molar-refractivity contribution in [3.8, 4) is 0 Å². The van der Waals surface area contributed by atoms with Crippen LogP contribution < -0.4 is 0 Å². The number of epoxide rings is 1. The first-order valence-electron chi connectivity index (χ1n) is 12.2. The monoisotopic (exact) mass is 509 g/mol. The van der Waals surface area contributed by atoms with Gasteiger partial charge in [0.15, 0.2) is 0 Å². The first kappa shape index (κ1) is 27.9. The van der Waals surface area contributed by atoms with Gasteiger partial charge in [-0.15, -0.1) is 11.3 Å². The molecule has 3 heterocycles. The molecule has 0 spiro atoms. The molecule has 2 aliphatic rings. The maximum absolute atomic E-state index is 13.2. The number of carbonyl (C=O) groups is 2. The topological polar surface area (TPSA) is 118 Å². The van der Waals surface area contributed by atoms with Crippen molar-refractivity contribution in [3.05, 3.63) is 21.7 Å². The third kappa shape index (κ3) is 6.57. The molecule has 0 amide bonds. The van der Waals surface area contributed by atoms with Crippen LogP contribution >= 0.6 is 11.3 Å². The molecule has 1 aromatic heterocycles. The number of ether oxygens (including phenoxy) is 3. The van der Waals surface area contributed by atoms with Crippen molar-refractivity contribution in [2.75, 3.05) is 6.61 Å². The minimum absolute atomic E-state index is 0.126. The summed E-state index contributed by atoms with van der Waals surface area (Å²) >= 11 is 1.54. The maximum atomic E-state index is 13.2. The number of aliphatic hydroxyl groups is 2. The van der Waals surface area contributed by atoms with E-state index in [0.717, 1.165) is 16.3 Å². The lowest BCUT2D eigenvalue weighted by molar-refractivity contribution is -0.155. The standard InChI is InChI=1S/C26H39NO7S/c1-14(10-18-13-35-17(4)27-18)19-11-21-26(7,34-21)8-9-32-16(3)23(30)15(2)24(31)25(5,6)20(28)12-22(29)33-19/h10,13,15-16,19-21,23,28,30H,8-9,11-12H2,1-7H3/t15-,16+,19+,20+,21-,23+,26-/m0/s1. The van der Waals surface area contributed by atoms with Gasteiger partial charge in [0.05, 0.1) is 52.6 Å². The van der Waals surface area contributed by atoms with E-state index in [2.05, 4.69) is 4.98 Å². The molecule has 9 heteroatoms. The Labute approximate surface area is 211 Å². The largest absolute Gasteiger partial charge is 0.458 e. The molecule has 3 rings (SSSR count). The average Bonchev–Trinajstić information content (AvgIpc) is 3.22. The van der Waals surface area contributed by atoms with Crippen LogP contribution in [0.25, 0.3) is 6.08 Å². The second kappa shape index (κ2) is 10.8. The van der Waals surface area contributed by atoms with E-state index in [4.69, 9.17) is 14.2 Å². The van der Waals surface area contributed by atoms with E-state index in [0.29, 0.717) is 19.4 Å². The number of aromatic nitrogens is 1. The minimum atomic E-state index is -1.27. The highest BCUT2D eigenvalue weighted by Crippen LogP contribution is 2.43. The molecule has 2 fully saturated rings. The summed E-state index contributed by atoms with van der Waals surface area (Å²) in [4.78, 5) is 30.5. The number of carbonyl (C=O) groups excluding carboxylic acids is 2. The van der Waals surface area contributed by atoms with Crippen molar-refractivity contribution in [1.82, 2.24) is 4.98 Å². The Kier molecular flexibility index (Phi) is 8.59. The van der Waals surface area contributed by atoms with Gasteiger partial charge in [-0.25, -0.2) is 4.98 Å². The highest BCUT2D eigenvalue weighted by molar-refractivity contribution is 7.09. The highest BCUT2D eigenvalue weighted by Gasteiger charge is 2.53. The van der Waals surface area contributed by atoms with Gasteiger partial charge in [0.1, 0.15) is 11.9 Å². The number of hydrogen-bond donors (Lipinski definition) is 2. The van der Waals surface area contributed by atoms with Crippen LogP contribution in [0, 0.1) is 18.3 Å². The Bertz CT molecular complexity index is 957. The molecule has 8 nitrogen and oxygen atoms in total.